The van der Waals surface area contributed by atoms with Crippen LogP contribution < -0.4 is 16.0 Å². The quantitative estimate of drug-likeness (QED) is 0.669. The summed E-state index contributed by atoms with van der Waals surface area (Å²) in [5, 5.41) is 7.58. The summed E-state index contributed by atoms with van der Waals surface area (Å²) >= 11 is 0. The first kappa shape index (κ1) is 20.6. The van der Waals surface area contributed by atoms with E-state index in [0.717, 1.165) is 16.8 Å². The van der Waals surface area contributed by atoms with Gasteiger partial charge < -0.3 is 16.0 Å². The summed E-state index contributed by atoms with van der Waals surface area (Å²) in [4.78, 5) is 24.3. The van der Waals surface area contributed by atoms with Crippen molar-refractivity contribution in [3.05, 3.63) is 65.2 Å². The summed E-state index contributed by atoms with van der Waals surface area (Å²) in [5.41, 5.74) is 4.14. The Morgan fingerprint density at radius 3 is 2.33 bits per heavy atom. The van der Waals surface area contributed by atoms with Crippen LogP contribution >= 0.6 is 0 Å². The van der Waals surface area contributed by atoms with Gasteiger partial charge in [-0.1, -0.05) is 56.3 Å². The Labute approximate surface area is 161 Å². The van der Waals surface area contributed by atoms with Crippen LogP contribution in [-0.4, -0.2) is 24.9 Å². The number of nitrogens with two attached hydrogens (primary N) is 1. The standard InChI is InChI=1S/C22H29N3O2/c1-15(2)22(18-10-6-5-7-11-18)24-13-20(26)23-14-21(27)25-19-12-8-9-16(3)17(19)4/h5-12,15,22,24H,13-14H2,1-4H3,(H,23,26)(H,25,27)/p+1/t22-/m1/s1. The predicted octanol–water partition coefficient (Wildman–Crippen LogP) is 2.32. The third kappa shape index (κ3) is 6.22. The van der Waals surface area contributed by atoms with E-state index in [9.17, 15) is 9.59 Å². The van der Waals surface area contributed by atoms with Gasteiger partial charge >= 0.3 is 0 Å². The van der Waals surface area contributed by atoms with E-state index in [0.29, 0.717) is 5.92 Å². The molecule has 2 aromatic rings. The number of carbonyl (C=O) groups excluding carboxylic acids is 2. The fraction of sp³-hybridized carbons (Fsp3) is 0.364. The van der Waals surface area contributed by atoms with Crippen molar-refractivity contribution in [1.29, 1.82) is 0 Å². The van der Waals surface area contributed by atoms with Gasteiger partial charge in [0, 0.05) is 17.2 Å². The van der Waals surface area contributed by atoms with Crippen LogP contribution in [-0.2, 0) is 9.59 Å². The average molecular weight is 369 g/mol. The van der Waals surface area contributed by atoms with E-state index in [2.05, 4.69) is 36.6 Å². The molecule has 0 aromatic heterocycles. The van der Waals surface area contributed by atoms with Gasteiger partial charge in [0.05, 0.1) is 6.54 Å². The van der Waals surface area contributed by atoms with Gasteiger partial charge in [0.15, 0.2) is 6.54 Å². The predicted molar refractivity (Wildman–Crippen MR) is 108 cm³/mol. The fourth-order valence-corrected chi connectivity index (χ4v) is 3.03. The summed E-state index contributed by atoms with van der Waals surface area (Å²) in [6.07, 6.45) is 0. The van der Waals surface area contributed by atoms with Crippen LogP contribution in [0.25, 0.3) is 0 Å². The Hall–Kier alpha value is -2.66. The average Bonchev–Trinajstić information content (AvgIpc) is 2.64. The van der Waals surface area contributed by atoms with Gasteiger partial charge in [0.25, 0.3) is 5.91 Å². The normalized spacial score (nSPS) is 11.9. The number of hydrogen-bond donors (Lipinski definition) is 3. The number of anilines is 1. The van der Waals surface area contributed by atoms with Gasteiger partial charge in [-0.2, -0.15) is 0 Å². The lowest BCUT2D eigenvalue weighted by molar-refractivity contribution is -0.692. The maximum atomic E-state index is 12.2. The third-order valence-electron chi connectivity index (χ3n) is 4.78. The Kier molecular flexibility index (Phi) is 7.55. The highest BCUT2D eigenvalue weighted by molar-refractivity contribution is 5.95. The minimum absolute atomic E-state index is 0.0300. The van der Waals surface area contributed by atoms with E-state index in [4.69, 9.17) is 0 Å². The Morgan fingerprint density at radius 1 is 0.963 bits per heavy atom. The molecule has 27 heavy (non-hydrogen) atoms. The molecule has 0 radical (unpaired) electrons. The van der Waals surface area contributed by atoms with Crippen LogP contribution in [0.2, 0.25) is 0 Å². The number of aryl methyl sites for hydroxylation is 1. The summed E-state index contributed by atoms with van der Waals surface area (Å²) in [5.74, 6) is 0.0287. The number of carbonyl (C=O) groups is 2. The molecule has 0 aliphatic carbocycles. The summed E-state index contributed by atoms with van der Waals surface area (Å²) < 4.78 is 0. The Balaban J connectivity index is 1.81. The molecule has 2 rings (SSSR count). The molecular formula is C22H30N3O2+. The second-order valence-electron chi connectivity index (χ2n) is 7.19. The first-order valence-corrected chi connectivity index (χ1v) is 9.39. The van der Waals surface area contributed by atoms with Gasteiger partial charge in [-0.25, -0.2) is 0 Å². The summed E-state index contributed by atoms with van der Waals surface area (Å²) in [6.45, 7) is 8.51. The highest BCUT2D eigenvalue weighted by Gasteiger charge is 2.20. The van der Waals surface area contributed by atoms with Crippen LogP contribution in [0.5, 0.6) is 0 Å². The smallest absolute Gasteiger partial charge is 0.275 e. The molecule has 0 bridgehead atoms. The maximum Gasteiger partial charge on any atom is 0.275 e. The Bertz CT molecular complexity index is 772. The SMILES string of the molecule is Cc1cccc(NC(=O)CNC(=O)C[NH2+][C@@H](c2ccccc2)C(C)C)c1C. The molecule has 2 amide bonds. The molecule has 0 aliphatic heterocycles. The largest absolute Gasteiger partial charge is 0.342 e. The minimum atomic E-state index is -0.222. The molecule has 0 saturated carbocycles. The number of hydrogen-bond acceptors (Lipinski definition) is 2. The summed E-state index contributed by atoms with van der Waals surface area (Å²) in [6, 6.07) is 16.1. The van der Waals surface area contributed by atoms with Crippen molar-refractivity contribution in [2.24, 2.45) is 5.92 Å². The van der Waals surface area contributed by atoms with E-state index in [1.54, 1.807) is 0 Å². The van der Waals surface area contributed by atoms with Crippen molar-refractivity contribution in [2.45, 2.75) is 33.7 Å². The highest BCUT2D eigenvalue weighted by Crippen LogP contribution is 2.18. The van der Waals surface area contributed by atoms with E-state index >= 15 is 0 Å². The van der Waals surface area contributed by atoms with Crippen LogP contribution in [0.1, 0.15) is 36.6 Å². The van der Waals surface area contributed by atoms with Crippen molar-refractivity contribution in [1.82, 2.24) is 5.32 Å². The zero-order chi connectivity index (χ0) is 19.8. The first-order valence-electron chi connectivity index (χ1n) is 9.39. The number of rotatable bonds is 8. The van der Waals surface area contributed by atoms with Gasteiger partial charge in [-0.05, 0) is 31.0 Å². The fourth-order valence-electron chi connectivity index (χ4n) is 3.03. The minimum Gasteiger partial charge on any atom is -0.342 e. The second-order valence-corrected chi connectivity index (χ2v) is 7.19. The van der Waals surface area contributed by atoms with Gasteiger partial charge in [0.2, 0.25) is 5.91 Å². The number of quaternary nitrogens is 1. The van der Waals surface area contributed by atoms with Crippen molar-refractivity contribution in [3.8, 4) is 0 Å². The number of nitrogens with one attached hydrogen (secondary N) is 2. The monoisotopic (exact) mass is 368 g/mol. The first-order chi connectivity index (χ1) is 12.9. The van der Waals surface area contributed by atoms with Crippen LogP contribution in [0.3, 0.4) is 0 Å². The lowest BCUT2D eigenvalue weighted by Gasteiger charge is -2.19. The van der Waals surface area contributed by atoms with E-state index < -0.39 is 0 Å². The zero-order valence-corrected chi connectivity index (χ0v) is 16.6. The molecule has 0 heterocycles. The molecule has 2 aromatic carbocycles. The molecule has 0 aliphatic rings. The van der Waals surface area contributed by atoms with E-state index in [1.807, 2.05) is 55.6 Å². The van der Waals surface area contributed by atoms with E-state index in [1.165, 1.54) is 5.56 Å². The second kappa shape index (κ2) is 9.88. The molecule has 5 nitrogen and oxygen atoms in total. The lowest BCUT2D eigenvalue weighted by Crippen LogP contribution is -2.88. The maximum absolute atomic E-state index is 12.2. The van der Waals surface area contributed by atoms with Gasteiger partial charge in [-0.3, -0.25) is 9.59 Å². The van der Waals surface area contributed by atoms with Crippen molar-refractivity contribution < 1.29 is 14.9 Å². The lowest BCUT2D eigenvalue weighted by atomic mass is 9.96. The van der Waals surface area contributed by atoms with Crippen LogP contribution in [0.15, 0.2) is 48.5 Å². The number of benzene rings is 2. The third-order valence-corrected chi connectivity index (χ3v) is 4.78. The summed E-state index contributed by atoms with van der Waals surface area (Å²) in [7, 11) is 0. The molecule has 1 atom stereocenters. The molecule has 4 N–H and O–H groups in total. The van der Waals surface area contributed by atoms with Gasteiger partial charge in [-0.15, -0.1) is 0 Å². The van der Waals surface area contributed by atoms with Crippen LogP contribution in [0.4, 0.5) is 5.69 Å². The molecular weight excluding hydrogens is 338 g/mol. The highest BCUT2D eigenvalue weighted by atomic mass is 16.2. The van der Waals surface area contributed by atoms with E-state index in [-0.39, 0.29) is 30.9 Å². The van der Waals surface area contributed by atoms with Gasteiger partial charge in [0.1, 0.15) is 6.04 Å². The number of amides is 2. The molecule has 0 fully saturated rings. The van der Waals surface area contributed by atoms with Crippen molar-refractivity contribution in [2.75, 3.05) is 18.4 Å². The topological polar surface area (TPSA) is 74.8 Å². The van der Waals surface area contributed by atoms with Crippen molar-refractivity contribution >= 4 is 17.5 Å². The van der Waals surface area contributed by atoms with Crippen molar-refractivity contribution in [3.63, 3.8) is 0 Å². The Morgan fingerprint density at radius 2 is 1.67 bits per heavy atom. The van der Waals surface area contributed by atoms with Crippen LogP contribution in [0, 0.1) is 19.8 Å². The molecule has 0 unspecified atom stereocenters. The molecule has 5 heteroatoms. The molecule has 0 saturated heterocycles. The zero-order valence-electron chi connectivity index (χ0n) is 16.6. The molecule has 0 spiro atoms. The molecule has 144 valence electrons.